The molecule has 32 heavy (non-hydrogen) atoms. The maximum atomic E-state index is 13.9. The lowest BCUT2D eigenvalue weighted by Gasteiger charge is -2.30. The SMILES string of the molecule is CC[C@@]1(C#N)CC(F)(F)CN1C(=O)CCC(=O)c1ccncc1CCc1ccc(F)cc1. The van der Waals surface area contributed by atoms with Crippen LogP contribution in [0.4, 0.5) is 13.2 Å². The van der Waals surface area contributed by atoms with Gasteiger partial charge in [0.05, 0.1) is 12.6 Å². The lowest BCUT2D eigenvalue weighted by atomic mass is 9.93. The number of ketones is 1. The van der Waals surface area contributed by atoms with E-state index in [1.165, 1.54) is 18.3 Å². The number of rotatable bonds is 8. The van der Waals surface area contributed by atoms with E-state index in [4.69, 9.17) is 0 Å². The molecule has 1 atom stereocenters. The van der Waals surface area contributed by atoms with Crippen LogP contribution in [0.15, 0.2) is 42.7 Å². The van der Waals surface area contributed by atoms with Crippen LogP contribution in [-0.4, -0.2) is 39.6 Å². The molecule has 8 heteroatoms. The monoisotopic (exact) mass is 443 g/mol. The quantitative estimate of drug-likeness (QED) is 0.563. The van der Waals surface area contributed by atoms with E-state index in [1.54, 1.807) is 31.3 Å². The third-order valence-corrected chi connectivity index (χ3v) is 5.92. The number of benzene rings is 1. The smallest absolute Gasteiger partial charge is 0.268 e. The van der Waals surface area contributed by atoms with Gasteiger partial charge in [-0.25, -0.2) is 13.2 Å². The Morgan fingerprint density at radius 1 is 1.16 bits per heavy atom. The second kappa shape index (κ2) is 9.51. The summed E-state index contributed by atoms with van der Waals surface area (Å²) in [5.74, 6) is -4.36. The van der Waals surface area contributed by atoms with Crippen molar-refractivity contribution in [3.8, 4) is 6.07 Å². The molecule has 0 aliphatic carbocycles. The van der Waals surface area contributed by atoms with Gasteiger partial charge in [0.15, 0.2) is 5.78 Å². The van der Waals surface area contributed by atoms with E-state index in [0.717, 1.165) is 10.5 Å². The van der Waals surface area contributed by atoms with E-state index < -0.39 is 30.3 Å². The Bertz CT molecular complexity index is 1030. The third-order valence-electron chi connectivity index (χ3n) is 5.92. The van der Waals surface area contributed by atoms with Crippen LogP contribution in [-0.2, 0) is 17.6 Å². The fourth-order valence-electron chi connectivity index (χ4n) is 4.10. The lowest BCUT2D eigenvalue weighted by Crippen LogP contribution is -2.46. The minimum atomic E-state index is -3.12. The molecule has 0 radical (unpaired) electrons. The molecule has 2 heterocycles. The minimum absolute atomic E-state index is 0.0939. The number of Topliss-reactive ketones (excluding diaryl/α,β-unsaturated/α-hetero) is 1. The Hall–Kier alpha value is -3.21. The van der Waals surface area contributed by atoms with Crippen LogP contribution < -0.4 is 0 Å². The number of aromatic nitrogens is 1. The maximum absolute atomic E-state index is 13.9. The summed E-state index contributed by atoms with van der Waals surface area (Å²) >= 11 is 0. The standard InChI is InChI=1S/C24H24F3N3O2/c1-2-23(15-28)14-24(26,27)16-30(23)22(32)10-9-21(31)20-11-12-29-13-18(20)6-3-17-4-7-19(25)8-5-17/h4-5,7-8,11-13H,2-3,6,9-10,14,16H2,1H3/t23-/m0/s1. The van der Waals surface area contributed by atoms with Crippen LogP contribution in [0.1, 0.15) is 54.1 Å². The van der Waals surface area contributed by atoms with Gasteiger partial charge in [-0.05, 0) is 48.6 Å². The minimum Gasteiger partial charge on any atom is -0.318 e. The zero-order valence-electron chi connectivity index (χ0n) is 17.8. The van der Waals surface area contributed by atoms with Crippen LogP contribution in [0, 0.1) is 17.1 Å². The average molecular weight is 443 g/mol. The molecule has 0 bridgehead atoms. The van der Waals surface area contributed by atoms with Crippen LogP contribution in [0.3, 0.4) is 0 Å². The molecule has 1 aromatic carbocycles. The number of nitrogens with zero attached hydrogens (tertiary/aromatic N) is 3. The van der Waals surface area contributed by atoms with Gasteiger partial charge in [-0.15, -0.1) is 0 Å². The highest BCUT2D eigenvalue weighted by Gasteiger charge is 2.56. The fourth-order valence-corrected chi connectivity index (χ4v) is 4.10. The molecular formula is C24H24F3N3O2. The average Bonchev–Trinajstić information content (AvgIpc) is 3.08. The van der Waals surface area contributed by atoms with E-state index in [-0.39, 0.29) is 30.9 Å². The predicted molar refractivity (Wildman–Crippen MR) is 112 cm³/mol. The number of aryl methyl sites for hydroxylation is 2. The molecule has 0 spiro atoms. The number of carbonyl (C=O) groups is 2. The van der Waals surface area contributed by atoms with Crippen molar-refractivity contribution in [3.63, 3.8) is 0 Å². The van der Waals surface area contributed by atoms with Gasteiger partial charge in [0.1, 0.15) is 11.4 Å². The van der Waals surface area contributed by atoms with E-state index in [9.17, 15) is 28.0 Å². The second-order valence-electron chi connectivity index (χ2n) is 8.09. The first-order valence-corrected chi connectivity index (χ1v) is 10.5. The number of hydrogen-bond donors (Lipinski definition) is 0. The number of amides is 1. The predicted octanol–water partition coefficient (Wildman–Crippen LogP) is 4.51. The van der Waals surface area contributed by atoms with Crippen molar-refractivity contribution in [1.29, 1.82) is 5.26 Å². The molecule has 2 aromatic rings. The molecule has 1 aromatic heterocycles. The summed E-state index contributed by atoms with van der Waals surface area (Å²) in [7, 11) is 0. The molecule has 1 fully saturated rings. The van der Waals surface area contributed by atoms with Crippen molar-refractivity contribution in [2.45, 2.75) is 56.9 Å². The molecular weight excluding hydrogens is 419 g/mol. The van der Waals surface area contributed by atoms with Crippen LogP contribution in [0.2, 0.25) is 0 Å². The van der Waals surface area contributed by atoms with Gasteiger partial charge >= 0.3 is 0 Å². The molecule has 0 saturated carbocycles. The van der Waals surface area contributed by atoms with Crippen LogP contribution in [0.25, 0.3) is 0 Å². The van der Waals surface area contributed by atoms with E-state index in [2.05, 4.69) is 4.98 Å². The zero-order chi connectivity index (χ0) is 23.4. The van der Waals surface area contributed by atoms with Gasteiger partial charge in [0.2, 0.25) is 5.91 Å². The second-order valence-corrected chi connectivity index (χ2v) is 8.09. The fraction of sp³-hybridized carbons (Fsp3) is 0.417. The normalized spacial score (nSPS) is 19.5. The highest BCUT2D eigenvalue weighted by Crippen LogP contribution is 2.41. The zero-order valence-corrected chi connectivity index (χ0v) is 17.8. The Morgan fingerprint density at radius 3 is 2.53 bits per heavy atom. The lowest BCUT2D eigenvalue weighted by molar-refractivity contribution is -0.134. The first kappa shape index (κ1) is 23.5. The first-order chi connectivity index (χ1) is 15.2. The first-order valence-electron chi connectivity index (χ1n) is 10.5. The summed E-state index contributed by atoms with van der Waals surface area (Å²) < 4.78 is 41.0. The number of halogens is 3. The summed E-state index contributed by atoms with van der Waals surface area (Å²) in [6, 6.07) is 9.55. The summed E-state index contributed by atoms with van der Waals surface area (Å²) in [6.07, 6.45) is 3.14. The summed E-state index contributed by atoms with van der Waals surface area (Å²) in [4.78, 5) is 30.5. The number of likely N-dealkylation sites (tertiary alicyclic amines) is 1. The number of alkyl halides is 2. The molecule has 168 valence electrons. The molecule has 1 aliphatic rings. The molecule has 5 nitrogen and oxygen atoms in total. The van der Waals surface area contributed by atoms with Crippen molar-refractivity contribution in [3.05, 3.63) is 65.2 Å². The summed E-state index contributed by atoms with van der Waals surface area (Å²) in [5.41, 5.74) is 0.484. The molecule has 1 aliphatic heterocycles. The molecule has 1 amide bonds. The van der Waals surface area contributed by atoms with E-state index in [0.29, 0.717) is 24.0 Å². The van der Waals surface area contributed by atoms with Crippen LogP contribution >= 0.6 is 0 Å². The molecule has 0 N–H and O–H groups in total. The Morgan fingerprint density at radius 2 is 1.88 bits per heavy atom. The number of hydrogen-bond acceptors (Lipinski definition) is 4. The number of pyridine rings is 1. The van der Waals surface area contributed by atoms with Crippen LogP contribution in [0.5, 0.6) is 0 Å². The van der Waals surface area contributed by atoms with Crippen molar-refractivity contribution in [2.75, 3.05) is 6.54 Å². The molecule has 1 saturated heterocycles. The molecule has 0 unspecified atom stereocenters. The van der Waals surface area contributed by atoms with Gasteiger partial charge in [0.25, 0.3) is 5.92 Å². The topological polar surface area (TPSA) is 74.1 Å². The van der Waals surface area contributed by atoms with Gasteiger partial charge in [-0.2, -0.15) is 5.26 Å². The van der Waals surface area contributed by atoms with Gasteiger partial charge in [0, 0.05) is 37.2 Å². The Balaban J connectivity index is 1.65. The highest BCUT2D eigenvalue weighted by molar-refractivity contribution is 5.99. The number of carbonyl (C=O) groups excluding carboxylic acids is 2. The van der Waals surface area contributed by atoms with Gasteiger partial charge in [-0.1, -0.05) is 19.1 Å². The van der Waals surface area contributed by atoms with Crippen molar-refractivity contribution in [1.82, 2.24) is 9.88 Å². The highest BCUT2D eigenvalue weighted by atomic mass is 19.3. The Kier molecular flexibility index (Phi) is 6.97. The number of nitriles is 1. The molecule has 3 rings (SSSR count). The third kappa shape index (κ3) is 5.16. The maximum Gasteiger partial charge on any atom is 0.268 e. The largest absolute Gasteiger partial charge is 0.318 e. The van der Waals surface area contributed by atoms with Gasteiger partial charge in [-0.3, -0.25) is 14.6 Å². The summed E-state index contributed by atoms with van der Waals surface area (Å²) in [5, 5.41) is 9.46. The Labute approximate surface area is 184 Å². The van der Waals surface area contributed by atoms with Crippen molar-refractivity contribution in [2.24, 2.45) is 0 Å². The van der Waals surface area contributed by atoms with E-state index >= 15 is 0 Å². The van der Waals surface area contributed by atoms with Crippen molar-refractivity contribution >= 4 is 11.7 Å². The summed E-state index contributed by atoms with van der Waals surface area (Å²) in [6.45, 7) is 0.792. The van der Waals surface area contributed by atoms with E-state index in [1.807, 2.05) is 6.07 Å². The van der Waals surface area contributed by atoms with Crippen molar-refractivity contribution < 1.29 is 22.8 Å². The van der Waals surface area contributed by atoms with Gasteiger partial charge < -0.3 is 4.90 Å².